The zero-order chi connectivity index (χ0) is 39.9. The Morgan fingerprint density at radius 1 is 0.614 bits per heavy atom. The van der Waals surface area contributed by atoms with Crippen molar-refractivity contribution in [2.24, 2.45) is 0 Å². The van der Waals surface area contributed by atoms with Gasteiger partial charge in [0.1, 0.15) is 23.7 Å². The summed E-state index contributed by atoms with van der Waals surface area (Å²) in [5, 5.41) is 29.7. The summed E-state index contributed by atoms with van der Waals surface area (Å²) in [6.45, 7) is 3.89. The third kappa shape index (κ3) is 9.51. The number of hydrogen-bond acceptors (Lipinski definition) is 12. The number of imidazole rings is 2. The molecule has 0 aliphatic carbocycles. The smallest absolute Gasteiger partial charge is 0.187 e. The molecule has 57 heavy (non-hydrogen) atoms. The van der Waals surface area contributed by atoms with Crippen molar-refractivity contribution in [2.45, 2.75) is 26.1 Å². The van der Waals surface area contributed by atoms with E-state index >= 15 is 0 Å². The van der Waals surface area contributed by atoms with Gasteiger partial charge in [0.2, 0.25) is 0 Å². The van der Waals surface area contributed by atoms with E-state index in [1.807, 2.05) is 102 Å². The second-order valence-corrected chi connectivity index (χ2v) is 15.3. The summed E-state index contributed by atoms with van der Waals surface area (Å²) in [6, 6.07) is 28.3. The number of aryl methyl sites for hydroxylation is 2. The van der Waals surface area contributed by atoms with Crippen molar-refractivity contribution in [3.05, 3.63) is 166 Å². The molecule has 0 aliphatic rings. The second-order valence-electron chi connectivity index (χ2n) is 12.8. The maximum Gasteiger partial charge on any atom is 0.187 e. The van der Waals surface area contributed by atoms with Crippen LogP contribution in [0.15, 0.2) is 128 Å². The molecular weight excluding hydrogens is 780 g/mol. The van der Waals surface area contributed by atoms with E-state index < -0.39 is 12.2 Å². The summed E-state index contributed by atoms with van der Waals surface area (Å²) in [7, 11) is 3.28. The van der Waals surface area contributed by atoms with Gasteiger partial charge in [0.15, 0.2) is 10.3 Å². The highest BCUT2D eigenvalue weighted by atomic mass is 35.5. The van der Waals surface area contributed by atoms with Crippen LogP contribution in [0.4, 0.5) is 21.6 Å². The maximum atomic E-state index is 10.6. The second kappa shape index (κ2) is 17.8. The molecule has 290 valence electrons. The van der Waals surface area contributed by atoms with Gasteiger partial charge in [-0.05, 0) is 61.4 Å². The van der Waals surface area contributed by atoms with Crippen LogP contribution in [0.2, 0.25) is 5.02 Å². The number of ether oxygens (including phenoxy) is 2. The first-order valence-electron chi connectivity index (χ1n) is 17.7. The lowest BCUT2D eigenvalue weighted by molar-refractivity contribution is 0.223. The molecule has 0 saturated heterocycles. The van der Waals surface area contributed by atoms with Gasteiger partial charge in [-0.2, -0.15) is 0 Å². The third-order valence-electron chi connectivity index (χ3n) is 8.73. The van der Waals surface area contributed by atoms with Crippen LogP contribution in [0, 0.1) is 13.8 Å². The number of aromatic nitrogens is 6. The molecule has 15 heteroatoms. The molecule has 0 bridgehead atoms. The summed E-state index contributed by atoms with van der Waals surface area (Å²) in [6.07, 6.45) is 9.34. The highest BCUT2D eigenvalue weighted by Gasteiger charge is 2.17. The molecule has 0 saturated carbocycles. The molecule has 4 aromatic carbocycles. The molecule has 8 aromatic rings. The summed E-state index contributed by atoms with van der Waals surface area (Å²) in [5.41, 5.74) is 6.99. The van der Waals surface area contributed by atoms with Crippen LogP contribution in [0.5, 0.6) is 11.5 Å². The number of aliphatic hydroxyl groups excluding tert-OH is 2. The first-order chi connectivity index (χ1) is 27.7. The summed E-state index contributed by atoms with van der Waals surface area (Å²) >= 11 is 8.73. The van der Waals surface area contributed by atoms with Crippen molar-refractivity contribution in [1.29, 1.82) is 0 Å². The molecular formula is C42H39ClN8O4S2. The zero-order valence-electron chi connectivity index (χ0n) is 31.4. The van der Waals surface area contributed by atoms with E-state index in [4.69, 9.17) is 21.1 Å². The lowest BCUT2D eigenvalue weighted by Gasteiger charge is -2.11. The van der Waals surface area contributed by atoms with Crippen LogP contribution in [0.1, 0.15) is 44.5 Å². The lowest BCUT2D eigenvalue weighted by Crippen LogP contribution is -1.97. The van der Waals surface area contributed by atoms with Crippen LogP contribution in [-0.2, 0) is 0 Å². The minimum Gasteiger partial charge on any atom is -0.494 e. The predicted molar refractivity (Wildman–Crippen MR) is 227 cm³/mol. The van der Waals surface area contributed by atoms with E-state index in [1.165, 1.54) is 22.7 Å². The van der Waals surface area contributed by atoms with Gasteiger partial charge in [-0.3, -0.25) is 0 Å². The summed E-state index contributed by atoms with van der Waals surface area (Å²) in [5.74, 6) is 1.44. The molecule has 4 aromatic heterocycles. The first kappa shape index (κ1) is 39.2. The minimum absolute atomic E-state index is 0.635. The van der Waals surface area contributed by atoms with Crippen molar-refractivity contribution in [1.82, 2.24) is 29.1 Å². The van der Waals surface area contributed by atoms with Gasteiger partial charge >= 0.3 is 0 Å². The Morgan fingerprint density at radius 2 is 1.07 bits per heavy atom. The van der Waals surface area contributed by atoms with Gasteiger partial charge in [-0.25, -0.2) is 19.9 Å². The number of anilines is 4. The first-order valence-corrected chi connectivity index (χ1v) is 19.7. The van der Waals surface area contributed by atoms with Gasteiger partial charge in [0.05, 0.1) is 59.4 Å². The highest BCUT2D eigenvalue weighted by Crippen LogP contribution is 2.35. The molecule has 12 nitrogen and oxygen atoms in total. The van der Waals surface area contributed by atoms with Crippen molar-refractivity contribution >= 4 is 55.9 Å². The Bertz CT molecular complexity index is 2550. The average molecular weight is 819 g/mol. The topological polar surface area (TPSA) is 144 Å². The average Bonchev–Trinajstić information content (AvgIpc) is 4.07. The fourth-order valence-electron chi connectivity index (χ4n) is 5.84. The number of aliphatic hydroxyl groups is 2. The fraction of sp³-hybridized carbons (Fsp3) is 0.143. The molecule has 0 amide bonds. The van der Waals surface area contributed by atoms with Crippen molar-refractivity contribution in [3.8, 4) is 22.9 Å². The Kier molecular flexibility index (Phi) is 12.3. The van der Waals surface area contributed by atoms with Crippen LogP contribution < -0.4 is 20.1 Å². The van der Waals surface area contributed by atoms with Gasteiger partial charge in [0.25, 0.3) is 0 Å². The predicted octanol–water partition coefficient (Wildman–Crippen LogP) is 9.60. The van der Waals surface area contributed by atoms with Crippen LogP contribution in [0.3, 0.4) is 0 Å². The van der Waals surface area contributed by atoms with Crippen molar-refractivity contribution in [2.75, 3.05) is 24.9 Å². The standard InChI is InChI=1S/C21H19ClN4O2S.C21H20N4O2S/c1-13-11-26(12-24-13)17-8-7-16(9-18(17)28-2)25-21-23-10-19(29-21)20(27)14-3-5-15(22)6-4-14;1-14-12-25(13-23-14)17-9-8-16(10-18(17)27-2)24-21-22-11-19(28-21)20(26)15-6-4-3-5-7-15/h3-12,20,27H,1-2H3,(H,23,25);3-13,20,26H,1-2H3,(H,22,24). The number of rotatable bonds is 12. The quantitative estimate of drug-likeness (QED) is 0.0941. The number of nitrogens with zero attached hydrogens (tertiary/aromatic N) is 6. The number of hydrogen-bond donors (Lipinski definition) is 4. The normalized spacial score (nSPS) is 12.0. The van der Waals surface area contributed by atoms with Crippen LogP contribution in [-0.4, -0.2) is 53.5 Å². The van der Waals surface area contributed by atoms with Crippen LogP contribution >= 0.6 is 34.3 Å². The van der Waals surface area contributed by atoms with Gasteiger partial charge in [0, 0.05) is 53.3 Å². The third-order valence-corrected chi connectivity index (χ3v) is 10.9. The van der Waals surface area contributed by atoms with E-state index in [0.717, 1.165) is 60.8 Å². The van der Waals surface area contributed by atoms with Crippen molar-refractivity contribution in [3.63, 3.8) is 0 Å². The number of thiazole rings is 2. The molecule has 4 heterocycles. The van der Waals surface area contributed by atoms with Gasteiger partial charge in [-0.15, -0.1) is 0 Å². The highest BCUT2D eigenvalue weighted by molar-refractivity contribution is 7.16. The van der Waals surface area contributed by atoms with E-state index in [9.17, 15) is 10.2 Å². The number of methoxy groups -OCH3 is 2. The Balaban J connectivity index is 0.000000174. The number of nitrogens with one attached hydrogen (secondary N) is 2. The van der Waals surface area contributed by atoms with E-state index in [0.29, 0.717) is 21.0 Å². The van der Waals surface area contributed by atoms with Gasteiger partial charge in [-0.1, -0.05) is 76.7 Å². The molecule has 0 fully saturated rings. The summed E-state index contributed by atoms with van der Waals surface area (Å²) in [4.78, 5) is 18.8. The molecule has 0 radical (unpaired) electrons. The van der Waals surface area contributed by atoms with E-state index in [-0.39, 0.29) is 0 Å². The van der Waals surface area contributed by atoms with E-state index in [1.54, 1.807) is 63.5 Å². The fourth-order valence-corrected chi connectivity index (χ4v) is 7.67. The summed E-state index contributed by atoms with van der Waals surface area (Å²) < 4.78 is 14.9. The van der Waals surface area contributed by atoms with E-state index in [2.05, 4.69) is 30.6 Å². The SMILES string of the molecule is COc1cc(Nc2ncc(C(O)c3ccc(Cl)cc3)s2)ccc1-n1cnc(C)c1.COc1cc(Nc2ncc(C(O)c3ccccc3)s2)ccc1-n1cnc(C)c1. The van der Waals surface area contributed by atoms with Gasteiger partial charge < -0.3 is 39.5 Å². The maximum absolute atomic E-state index is 10.6. The van der Waals surface area contributed by atoms with Crippen LogP contribution in [0.25, 0.3) is 11.4 Å². The monoisotopic (exact) mass is 818 g/mol. The molecule has 2 atom stereocenters. The zero-order valence-corrected chi connectivity index (χ0v) is 33.8. The molecule has 8 rings (SSSR count). The largest absolute Gasteiger partial charge is 0.494 e. The van der Waals surface area contributed by atoms with Crippen molar-refractivity contribution < 1.29 is 19.7 Å². The number of halogens is 1. The molecule has 0 aliphatic heterocycles. The molecule has 2 unspecified atom stereocenters. The number of benzene rings is 4. The minimum atomic E-state index is -0.748. The Labute approximate surface area is 342 Å². The lowest BCUT2D eigenvalue weighted by atomic mass is 10.1. The Morgan fingerprint density at radius 3 is 1.49 bits per heavy atom. The Hall–Kier alpha value is -6.03. The molecule has 4 N–H and O–H groups in total. The molecule has 0 spiro atoms.